The first-order valence-electron chi connectivity index (χ1n) is 9.61. The Bertz CT molecular complexity index is 861. The fourth-order valence-electron chi connectivity index (χ4n) is 2.50. The lowest BCUT2D eigenvalue weighted by Gasteiger charge is -2.06. The number of hydrogen-bond donors (Lipinski definition) is 0. The van der Waals surface area contributed by atoms with Crippen LogP contribution in [-0.2, 0) is 14.2 Å². The monoisotopic (exact) mass is 390 g/mol. The smallest absolute Gasteiger partial charge is 0.135 e. The Morgan fingerprint density at radius 3 is 1.62 bits per heavy atom. The molecule has 4 rings (SSSR count). The van der Waals surface area contributed by atoms with Crippen LogP contribution in [0, 0.1) is 23.7 Å². The van der Waals surface area contributed by atoms with Gasteiger partial charge in [0.05, 0.1) is 24.3 Å². The summed E-state index contributed by atoms with van der Waals surface area (Å²) >= 11 is 0. The highest BCUT2D eigenvalue weighted by atomic mass is 16.6. The lowest BCUT2D eigenvalue weighted by molar-refractivity contribution is 0.204. The van der Waals surface area contributed by atoms with E-state index in [1.54, 1.807) is 0 Å². The van der Waals surface area contributed by atoms with E-state index < -0.39 is 0 Å². The maximum absolute atomic E-state index is 5.74. The van der Waals surface area contributed by atoms with Gasteiger partial charge in [0.25, 0.3) is 0 Å². The first-order chi connectivity index (χ1) is 14.4. The summed E-state index contributed by atoms with van der Waals surface area (Å²) in [4.78, 5) is 0. The van der Waals surface area contributed by atoms with Crippen LogP contribution in [0.25, 0.3) is 0 Å². The molecule has 2 aliphatic rings. The Hall–Kier alpha value is -2.96. The van der Waals surface area contributed by atoms with Crippen LogP contribution < -0.4 is 9.47 Å². The Morgan fingerprint density at radius 2 is 1.17 bits per heavy atom. The summed E-state index contributed by atoms with van der Waals surface area (Å²) < 4.78 is 27.3. The number of rotatable bonds is 8. The minimum absolute atomic E-state index is 0.218. The van der Waals surface area contributed by atoms with Crippen molar-refractivity contribution in [2.24, 2.45) is 0 Å². The zero-order valence-corrected chi connectivity index (χ0v) is 16.1. The predicted octanol–water partition coefficient (Wildman–Crippen LogP) is 2.66. The molecular weight excluding hydrogens is 368 g/mol. The summed E-state index contributed by atoms with van der Waals surface area (Å²) in [6, 6.07) is 15.4. The second kappa shape index (κ2) is 10.0. The predicted molar refractivity (Wildman–Crippen MR) is 108 cm³/mol. The molecule has 2 aliphatic heterocycles. The Labute approximate surface area is 170 Å². The van der Waals surface area contributed by atoms with Crippen molar-refractivity contribution in [2.45, 2.75) is 12.2 Å². The molecule has 2 heterocycles. The lowest BCUT2D eigenvalue weighted by atomic mass is 10.2. The number of benzene rings is 2. The lowest BCUT2D eigenvalue weighted by Crippen LogP contribution is -2.05. The van der Waals surface area contributed by atoms with Gasteiger partial charge in [-0.15, -0.1) is 0 Å². The molecule has 0 amide bonds. The first-order valence-corrected chi connectivity index (χ1v) is 9.61. The SMILES string of the molecule is C(#Cc1ccccc1OCC1CO1)COCC#Cc1ccccc1OCC1CO1. The molecule has 5 nitrogen and oxygen atoms in total. The third kappa shape index (κ3) is 6.55. The van der Waals surface area contributed by atoms with Crippen LogP contribution >= 0.6 is 0 Å². The van der Waals surface area contributed by atoms with Gasteiger partial charge >= 0.3 is 0 Å². The van der Waals surface area contributed by atoms with Gasteiger partial charge in [-0.3, -0.25) is 0 Å². The van der Waals surface area contributed by atoms with Gasteiger partial charge < -0.3 is 23.7 Å². The van der Waals surface area contributed by atoms with Crippen molar-refractivity contribution in [1.29, 1.82) is 0 Å². The van der Waals surface area contributed by atoms with Crippen LogP contribution in [0.15, 0.2) is 48.5 Å². The number of epoxide rings is 2. The van der Waals surface area contributed by atoms with Crippen LogP contribution in [0.3, 0.4) is 0 Å². The molecule has 148 valence electrons. The average molecular weight is 390 g/mol. The molecule has 5 heteroatoms. The van der Waals surface area contributed by atoms with E-state index in [9.17, 15) is 0 Å². The largest absolute Gasteiger partial charge is 0.489 e. The molecule has 2 atom stereocenters. The standard InChI is InChI=1S/C24H22O5/c1-3-11-23(28-17-21-15-26-21)19(7-1)9-5-13-25-14-6-10-20-8-2-4-12-24(20)29-18-22-16-27-22/h1-4,7-8,11-12,21-22H,13-18H2. The van der Waals surface area contributed by atoms with Crippen molar-refractivity contribution in [3.63, 3.8) is 0 Å². The minimum atomic E-state index is 0.218. The van der Waals surface area contributed by atoms with Crippen molar-refractivity contribution in [2.75, 3.05) is 39.6 Å². The second-order valence-electron chi connectivity index (χ2n) is 6.62. The molecular formula is C24H22O5. The van der Waals surface area contributed by atoms with Crippen LogP contribution in [-0.4, -0.2) is 51.8 Å². The third-order valence-electron chi connectivity index (χ3n) is 4.22. The van der Waals surface area contributed by atoms with E-state index in [0.29, 0.717) is 26.4 Å². The highest BCUT2D eigenvalue weighted by Crippen LogP contribution is 2.20. The molecule has 0 N–H and O–H groups in total. The van der Waals surface area contributed by atoms with E-state index in [-0.39, 0.29) is 12.2 Å². The van der Waals surface area contributed by atoms with Gasteiger partial charge in [0.2, 0.25) is 0 Å². The van der Waals surface area contributed by atoms with Gasteiger partial charge in [-0.05, 0) is 24.3 Å². The maximum atomic E-state index is 5.74. The summed E-state index contributed by atoms with van der Waals surface area (Å²) in [5, 5.41) is 0. The average Bonchev–Trinajstić information content (AvgIpc) is 3.66. The molecule has 0 bridgehead atoms. The number of ether oxygens (including phenoxy) is 5. The van der Waals surface area contributed by atoms with Gasteiger partial charge in [0.1, 0.15) is 50.1 Å². The zero-order valence-electron chi connectivity index (χ0n) is 16.1. The van der Waals surface area contributed by atoms with Gasteiger partial charge in [0.15, 0.2) is 0 Å². The fourth-order valence-corrected chi connectivity index (χ4v) is 2.50. The van der Waals surface area contributed by atoms with Crippen LogP contribution in [0.5, 0.6) is 11.5 Å². The van der Waals surface area contributed by atoms with E-state index in [1.165, 1.54) is 0 Å². The van der Waals surface area contributed by atoms with Crippen molar-refractivity contribution in [1.82, 2.24) is 0 Å². The molecule has 0 aliphatic carbocycles. The zero-order chi connectivity index (χ0) is 19.7. The molecule has 0 aromatic heterocycles. The Kier molecular flexibility index (Phi) is 6.68. The summed E-state index contributed by atoms with van der Waals surface area (Å²) in [5.74, 6) is 13.7. The quantitative estimate of drug-likeness (QED) is 0.394. The highest BCUT2D eigenvalue weighted by Gasteiger charge is 2.24. The number of para-hydroxylation sites is 2. The Balaban J connectivity index is 1.23. The number of hydrogen-bond acceptors (Lipinski definition) is 5. The summed E-state index contributed by atoms with van der Waals surface area (Å²) in [6.45, 7) is 3.26. The summed E-state index contributed by atoms with van der Waals surface area (Å²) in [7, 11) is 0. The topological polar surface area (TPSA) is 52.8 Å². The Morgan fingerprint density at radius 1 is 0.724 bits per heavy atom. The van der Waals surface area contributed by atoms with Crippen molar-refractivity contribution in [3.05, 3.63) is 59.7 Å². The van der Waals surface area contributed by atoms with Crippen LogP contribution in [0.2, 0.25) is 0 Å². The maximum Gasteiger partial charge on any atom is 0.135 e. The molecule has 0 saturated carbocycles. The van der Waals surface area contributed by atoms with E-state index in [1.807, 2.05) is 48.5 Å². The molecule has 2 aromatic rings. The molecule has 2 aromatic carbocycles. The van der Waals surface area contributed by atoms with Crippen LogP contribution in [0.1, 0.15) is 11.1 Å². The van der Waals surface area contributed by atoms with Gasteiger partial charge in [-0.2, -0.15) is 0 Å². The molecule has 2 unspecified atom stereocenters. The van der Waals surface area contributed by atoms with Crippen LogP contribution in [0.4, 0.5) is 0 Å². The molecule has 0 spiro atoms. The second-order valence-corrected chi connectivity index (χ2v) is 6.62. The fraction of sp³-hybridized carbons (Fsp3) is 0.333. The minimum Gasteiger partial charge on any atom is -0.489 e. The van der Waals surface area contributed by atoms with Crippen molar-refractivity contribution >= 4 is 0 Å². The van der Waals surface area contributed by atoms with E-state index >= 15 is 0 Å². The van der Waals surface area contributed by atoms with E-state index in [4.69, 9.17) is 23.7 Å². The third-order valence-corrected chi connectivity index (χ3v) is 4.22. The van der Waals surface area contributed by atoms with Crippen molar-refractivity contribution in [3.8, 4) is 35.2 Å². The van der Waals surface area contributed by atoms with Crippen molar-refractivity contribution < 1.29 is 23.7 Å². The van der Waals surface area contributed by atoms with E-state index in [0.717, 1.165) is 35.8 Å². The highest BCUT2D eigenvalue weighted by molar-refractivity contribution is 5.46. The summed E-state index contributed by atoms with van der Waals surface area (Å²) in [5.41, 5.74) is 1.68. The molecule has 0 radical (unpaired) electrons. The van der Waals surface area contributed by atoms with Gasteiger partial charge in [-0.1, -0.05) is 47.9 Å². The normalized spacial score (nSPS) is 18.6. The summed E-state index contributed by atoms with van der Waals surface area (Å²) in [6.07, 6.45) is 0.436. The van der Waals surface area contributed by atoms with E-state index in [2.05, 4.69) is 23.7 Å². The van der Waals surface area contributed by atoms with Gasteiger partial charge in [-0.25, -0.2) is 0 Å². The molecule has 29 heavy (non-hydrogen) atoms. The molecule has 2 saturated heterocycles. The first kappa shape index (κ1) is 19.4. The van der Waals surface area contributed by atoms with Gasteiger partial charge in [0, 0.05) is 0 Å². The molecule has 2 fully saturated rings.